The molecule has 3 rings (SSSR count). The van der Waals surface area contributed by atoms with Crippen molar-refractivity contribution in [3.63, 3.8) is 0 Å². The van der Waals surface area contributed by atoms with Crippen LogP contribution in [0.3, 0.4) is 0 Å². The van der Waals surface area contributed by atoms with Crippen LogP contribution in [0.25, 0.3) is 11.6 Å². The lowest BCUT2D eigenvalue weighted by Gasteiger charge is -2.20. The number of nitrogens with zero attached hydrogens (tertiary/aromatic N) is 1. The van der Waals surface area contributed by atoms with E-state index in [1.807, 2.05) is 54.8 Å². The second kappa shape index (κ2) is 8.32. The third kappa shape index (κ3) is 4.41. The molecule has 0 radical (unpaired) electrons. The van der Waals surface area contributed by atoms with E-state index in [0.29, 0.717) is 5.57 Å². The van der Waals surface area contributed by atoms with Crippen LogP contribution in [0.4, 0.5) is 0 Å². The molecule has 1 atom stereocenters. The van der Waals surface area contributed by atoms with Crippen LogP contribution in [0.5, 0.6) is 0 Å². The van der Waals surface area contributed by atoms with Crippen LogP contribution in [0, 0.1) is 6.92 Å². The molecule has 1 fully saturated rings. The lowest BCUT2D eigenvalue weighted by molar-refractivity contribution is -0.153. The number of carbonyl (C=O) groups is 2. The minimum absolute atomic E-state index is 0.114. The van der Waals surface area contributed by atoms with Crippen molar-refractivity contribution in [2.75, 3.05) is 13.1 Å². The predicted octanol–water partition coefficient (Wildman–Crippen LogP) is 4.15. The van der Waals surface area contributed by atoms with E-state index in [1.54, 1.807) is 11.8 Å². The Kier molecular flexibility index (Phi) is 5.89. The minimum Gasteiger partial charge on any atom is -0.449 e. The van der Waals surface area contributed by atoms with Gasteiger partial charge in [0.05, 0.1) is 5.57 Å². The number of likely N-dealkylation sites (tertiary alicyclic amines) is 1. The monoisotopic (exact) mass is 369 g/mol. The Morgan fingerprint density at radius 3 is 2.62 bits per heavy atom. The lowest BCUT2D eigenvalue weighted by Crippen LogP contribution is -2.38. The molecule has 0 N–H and O–H groups in total. The molecule has 0 spiro atoms. The first-order chi connectivity index (χ1) is 12.5. The average Bonchev–Trinajstić information content (AvgIpc) is 3.32. The zero-order valence-corrected chi connectivity index (χ0v) is 15.9. The van der Waals surface area contributed by atoms with Crippen LogP contribution < -0.4 is 0 Å². The Labute approximate surface area is 158 Å². The molecule has 1 amide bonds. The van der Waals surface area contributed by atoms with Crippen molar-refractivity contribution in [1.29, 1.82) is 0 Å². The van der Waals surface area contributed by atoms with Crippen molar-refractivity contribution >= 4 is 34.9 Å². The lowest BCUT2D eigenvalue weighted by atomic mass is 10.1. The first kappa shape index (κ1) is 18.4. The maximum Gasteiger partial charge on any atom is 0.340 e. The van der Waals surface area contributed by atoms with E-state index in [-0.39, 0.29) is 5.91 Å². The highest BCUT2D eigenvalue weighted by atomic mass is 32.1. The maximum atomic E-state index is 12.8. The number of thiophene rings is 1. The highest BCUT2D eigenvalue weighted by molar-refractivity contribution is 7.11. The van der Waals surface area contributed by atoms with Crippen molar-refractivity contribution in [3.8, 4) is 0 Å². The molecule has 0 aliphatic carbocycles. The van der Waals surface area contributed by atoms with E-state index in [9.17, 15) is 9.59 Å². The molecule has 1 saturated heterocycles. The van der Waals surface area contributed by atoms with Crippen LogP contribution in [-0.2, 0) is 14.3 Å². The molecule has 1 aromatic heterocycles. The smallest absolute Gasteiger partial charge is 0.340 e. The number of ether oxygens (including phenoxy) is 1. The first-order valence-electron chi connectivity index (χ1n) is 8.86. The maximum absolute atomic E-state index is 12.8. The van der Waals surface area contributed by atoms with Crippen molar-refractivity contribution in [2.45, 2.75) is 32.8 Å². The summed E-state index contributed by atoms with van der Waals surface area (Å²) in [6.45, 7) is 5.16. The van der Waals surface area contributed by atoms with Gasteiger partial charge in [0.25, 0.3) is 5.91 Å². The average molecular weight is 369 g/mol. The number of hydrogen-bond donors (Lipinski definition) is 0. The van der Waals surface area contributed by atoms with Gasteiger partial charge in [0, 0.05) is 18.0 Å². The summed E-state index contributed by atoms with van der Waals surface area (Å²) in [5.41, 5.74) is 2.53. The Hall–Kier alpha value is -2.40. The molecular weight excluding hydrogens is 346 g/mol. The first-order valence-corrected chi connectivity index (χ1v) is 9.74. The van der Waals surface area contributed by atoms with E-state index in [4.69, 9.17) is 4.74 Å². The molecule has 1 aliphatic rings. The van der Waals surface area contributed by atoms with Gasteiger partial charge in [-0.15, -0.1) is 11.3 Å². The summed E-state index contributed by atoms with van der Waals surface area (Å²) in [6, 6.07) is 11.7. The summed E-state index contributed by atoms with van der Waals surface area (Å²) >= 11 is 1.48. The van der Waals surface area contributed by atoms with Crippen molar-refractivity contribution < 1.29 is 14.3 Å². The molecule has 2 aromatic rings. The number of carbonyl (C=O) groups excluding carboxylic acids is 2. The molecule has 0 saturated carbocycles. The number of hydrogen-bond acceptors (Lipinski definition) is 4. The van der Waals surface area contributed by atoms with Gasteiger partial charge < -0.3 is 9.64 Å². The van der Waals surface area contributed by atoms with E-state index < -0.39 is 12.1 Å². The van der Waals surface area contributed by atoms with Crippen LogP contribution >= 0.6 is 11.3 Å². The van der Waals surface area contributed by atoms with Gasteiger partial charge in [-0.2, -0.15) is 0 Å². The van der Waals surface area contributed by atoms with Gasteiger partial charge in [0.15, 0.2) is 6.10 Å². The van der Waals surface area contributed by atoms with Gasteiger partial charge in [0.1, 0.15) is 0 Å². The third-order valence-electron chi connectivity index (χ3n) is 4.41. The molecule has 1 aromatic carbocycles. The molecule has 5 heteroatoms. The third-order valence-corrected chi connectivity index (χ3v) is 5.31. The molecule has 26 heavy (non-hydrogen) atoms. The Bertz CT molecular complexity index is 804. The normalized spacial score (nSPS) is 15.8. The summed E-state index contributed by atoms with van der Waals surface area (Å²) < 4.78 is 5.52. The summed E-state index contributed by atoms with van der Waals surface area (Å²) in [5.74, 6) is -0.578. The van der Waals surface area contributed by atoms with Gasteiger partial charge >= 0.3 is 5.97 Å². The quantitative estimate of drug-likeness (QED) is 0.587. The van der Waals surface area contributed by atoms with E-state index in [0.717, 1.165) is 41.9 Å². The second-order valence-electron chi connectivity index (χ2n) is 6.53. The van der Waals surface area contributed by atoms with Gasteiger partial charge in [-0.1, -0.05) is 35.9 Å². The van der Waals surface area contributed by atoms with E-state index >= 15 is 0 Å². The van der Waals surface area contributed by atoms with E-state index in [2.05, 4.69) is 0 Å². The fraction of sp³-hybridized carbons (Fsp3) is 0.333. The van der Waals surface area contributed by atoms with Gasteiger partial charge in [-0.25, -0.2) is 4.79 Å². The zero-order chi connectivity index (χ0) is 18.5. The fourth-order valence-electron chi connectivity index (χ4n) is 3.06. The van der Waals surface area contributed by atoms with Crippen molar-refractivity contribution in [3.05, 3.63) is 57.8 Å². The van der Waals surface area contributed by atoms with Crippen LogP contribution in [-0.4, -0.2) is 36.0 Å². The minimum atomic E-state index is -0.776. The number of rotatable bonds is 5. The summed E-state index contributed by atoms with van der Waals surface area (Å²) in [5, 5.41) is 1.92. The Morgan fingerprint density at radius 2 is 1.96 bits per heavy atom. The van der Waals surface area contributed by atoms with Crippen molar-refractivity contribution in [2.24, 2.45) is 0 Å². The van der Waals surface area contributed by atoms with Gasteiger partial charge in [-0.05, 0) is 49.8 Å². The fourth-order valence-corrected chi connectivity index (χ4v) is 3.79. The Balaban J connectivity index is 1.80. The molecule has 1 aliphatic heterocycles. The summed E-state index contributed by atoms with van der Waals surface area (Å²) in [4.78, 5) is 27.8. The molecule has 4 nitrogen and oxygen atoms in total. The molecule has 136 valence electrons. The van der Waals surface area contributed by atoms with Crippen LogP contribution in [0.15, 0.2) is 41.8 Å². The van der Waals surface area contributed by atoms with Crippen LogP contribution in [0.2, 0.25) is 0 Å². The van der Waals surface area contributed by atoms with Crippen LogP contribution in [0.1, 0.15) is 35.8 Å². The molecular formula is C21H23NO3S. The highest BCUT2D eigenvalue weighted by Gasteiger charge is 2.27. The molecule has 0 bridgehead atoms. The van der Waals surface area contributed by atoms with E-state index in [1.165, 1.54) is 11.3 Å². The van der Waals surface area contributed by atoms with Gasteiger partial charge in [-0.3, -0.25) is 4.79 Å². The van der Waals surface area contributed by atoms with Crippen molar-refractivity contribution in [1.82, 2.24) is 4.90 Å². The predicted molar refractivity (Wildman–Crippen MR) is 105 cm³/mol. The molecule has 0 unspecified atom stereocenters. The Morgan fingerprint density at radius 1 is 1.19 bits per heavy atom. The topological polar surface area (TPSA) is 46.6 Å². The van der Waals surface area contributed by atoms with Gasteiger partial charge in [0.2, 0.25) is 0 Å². The number of amides is 1. The number of aryl methyl sites for hydroxylation is 1. The summed E-state index contributed by atoms with van der Waals surface area (Å²) in [7, 11) is 0. The number of esters is 1. The number of benzene rings is 1. The largest absolute Gasteiger partial charge is 0.449 e. The second-order valence-corrected chi connectivity index (χ2v) is 7.48. The highest BCUT2D eigenvalue weighted by Crippen LogP contribution is 2.25. The zero-order valence-electron chi connectivity index (χ0n) is 15.1. The summed E-state index contributed by atoms with van der Waals surface area (Å²) in [6.07, 6.45) is 3.08. The molecule has 2 heterocycles. The standard InChI is InChI=1S/C21H23NO3S/c1-15-7-5-8-17(13-15)14-18(19-9-6-12-26-19)21(24)25-16(2)20(23)22-10-3-4-11-22/h5-9,12-14,16H,3-4,10-11H2,1-2H3/b18-14+/t16-/m0/s1. The SMILES string of the molecule is Cc1cccc(/C=C(/C(=O)O[C@@H](C)C(=O)N2CCCC2)c2cccs2)c1.